The highest BCUT2D eigenvalue weighted by atomic mass is 32.2. The predicted octanol–water partition coefficient (Wildman–Crippen LogP) is 2.09. The fourth-order valence-corrected chi connectivity index (χ4v) is 4.59. The third kappa shape index (κ3) is 3.10. The van der Waals surface area contributed by atoms with Crippen LogP contribution >= 0.6 is 0 Å². The van der Waals surface area contributed by atoms with Gasteiger partial charge in [0.05, 0.1) is 0 Å². The Labute approximate surface area is 123 Å². The fraction of sp³-hybridized carbons (Fsp3) is 0.867. The van der Waals surface area contributed by atoms with Crippen LogP contribution in [-0.4, -0.2) is 54.6 Å². The molecule has 0 aromatic carbocycles. The largest absolute Gasteiger partial charge is 0.296 e. The lowest BCUT2D eigenvalue weighted by atomic mass is 9.98. The number of sulfonamides is 1. The zero-order valence-corrected chi connectivity index (χ0v) is 14.2. The van der Waals surface area contributed by atoms with E-state index in [0.29, 0.717) is 32.1 Å². The Morgan fingerprint density at radius 3 is 2.25 bits per heavy atom. The lowest BCUT2D eigenvalue weighted by molar-refractivity contribution is 0.0704. The van der Waals surface area contributed by atoms with Crippen LogP contribution in [0.25, 0.3) is 0 Å². The molecule has 4 nitrogen and oxygen atoms in total. The zero-order valence-electron chi connectivity index (χ0n) is 13.4. The topological polar surface area (TPSA) is 40.6 Å². The first-order valence-corrected chi connectivity index (χ1v) is 9.05. The summed E-state index contributed by atoms with van der Waals surface area (Å²) in [6.07, 6.45) is 2.98. The van der Waals surface area contributed by atoms with Gasteiger partial charge in [-0.25, -0.2) is 8.42 Å². The van der Waals surface area contributed by atoms with Gasteiger partial charge in [0.25, 0.3) is 0 Å². The molecule has 20 heavy (non-hydrogen) atoms. The zero-order chi connectivity index (χ0) is 15.1. The van der Waals surface area contributed by atoms with E-state index in [2.05, 4.69) is 45.6 Å². The van der Waals surface area contributed by atoms with E-state index in [0.717, 1.165) is 6.42 Å². The second-order valence-electron chi connectivity index (χ2n) is 7.28. The van der Waals surface area contributed by atoms with Crippen molar-refractivity contribution in [1.82, 2.24) is 9.21 Å². The lowest BCUT2D eigenvalue weighted by Gasteiger charge is -2.48. The molecule has 0 amide bonds. The minimum atomic E-state index is -3.12. The minimum Gasteiger partial charge on any atom is -0.296 e. The molecule has 2 aliphatic heterocycles. The average molecular weight is 300 g/mol. The van der Waals surface area contributed by atoms with Crippen LogP contribution in [-0.2, 0) is 10.0 Å². The highest BCUT2D eigenvalue weighted by Crippen LogP contribution is 2.29. The van der Waals surface area contributed by atoms with E-state index in [-0.39, 0.29) is 10.8 Å². The molecule has 2 aliphatic rings. The lowest BCUT2D eigenvalue weighted by Crippen LogP contribution is -2.63. The van der Waals surface area contributed by atoms with Crippen molar-refractivity contribution in [3.05, 3.63) is 11.6 Å². The van der Waals surface area contributed by atoms with Gasteiger partial charge >= 0.3 is 0 Å². The average Bonchev–Trinajstić information content (AvgIpc) is 2.24. The Kier molecular flexibility index (Phi) is 4.34. The van der Waals surface area contributed by atoms with Gasteiger partial charge in [-0.15, -0.1) is 0 Å². The van der Waals surface area contributed by atoms with E-state index in [4.69, 9.17) is 0 Å². The Morgan fingerprint density at radius 2 is 1.85 bits per heavy atom. The molecule has 1 saturated heterocycles. The Morgan fingerprint density at radius 1 is 1.25 bits per heavy atom. The first-order chi connectivity index (χ1) is 9.12. The van der Waals surface area contributed by atoms with Crippen LogP contribution in [0.2, 0.25) is 0 Å². The molecule has 2 heterocycles. The Hall–Kier alpha value is -0.390. The number of hydrogen-bond donors (Lipinski definition) is 0. The Bertz CT molecular complexity index is 482. The molecule has 0 radical (unpaired) electrons. The van der Waals surface area contributed by atoms with Crippen LogP contribution < -0.4 is 0 Å². The first-order valence-electron chi connectivity index (χ1n) is 7.55. The van der Waals surface area contributed by atoms with E-state index >= 15 is 0 Å². The summed E-state index contributed by atoms with van der Waals surface area (Å²) in [6, 6.07) is 0. The van der Waals surface area contributed by atoms with E-state index in [1.54, 1.807) is 4.31 Å². The van der Waals surface area contributed by atoms with Gasteiger partial charge in [-0.1, -0.05) is 25.5 Å². The smallest absolute Gasteiger partial charge is 0.219 e. The third-order valence-electron chi connectivity index (χ3n) is 4.53. The SMILES string of the molecule is CC(C)C1=CCN(S(=O)(=O)C2CN(C(C)(C)C)C2)CC1. The monoisotopic (exact) mass is 300 g/mol. The van der Waals surface area contributed by atoms with Gasteiger partial charge < -0.3 is 0 Å². The summed E-state index contributed by atoms with van der Waals surface area (Å²) in [5.41, 5.74) is 1.46. The van der Waals surface area contributed by atoms with E-state index in [1.807, 2.05) is 0 Å². The van der Waals surface area contributed by atoms with Crippen molar-refractivity contribution in [2.75, 3.05) is 26.2 Å². The maximum Gasteiger partial charge on any atom is 0.219 e. The van der Waals surface area contributed by atoms with Crippen molar-refractivity contribution in [2.24, 2.45) is 5.92 Å². The maximum atomic E-state index is 12.6. The number of likely N-dealkylation sites (tertiary alicyclic amines) is 1. The van der Waals surface area contributed by atoms with Gasteiger partial charge in [0.2, 0.25) is 10.0 Å². The number of nitrogens with zero attached hydrogens (tertiary/aromatic N) is 2. The van der Waals surface area contributed by atoms with E-state index in [1.165, 1.54) is 5.57 Å². The first kappa shape index (κ1) is 16.0. The molecule has 0 spiro atoms. The molecule has 0 saturated carbocycles. The molecule has 0 bridgehead atoms. The summed E-state index contributed by atoms with van der Waals surface area (Å²) < 4.78 is 26.8. The van der Waals surface area contributed by atoms with Crippen molar-refractivity contribution < 1.29 is 8.42 Å². The van der Waals surface area contributed by atoms with Crippen LogP contribution in [0.5, 0.6) is 0 Å². The molecule has 0 aromatic rings. The molecule has 116 valence electrons. The standard InChI is InChI=1S/C15H28N2O2S/c1-12(2)13-6-8-17(9-7-13)20(18,19)14-10-16(11-14)15(3,4)5/h6,12,14H,7-11H2,1-5H3. The molecule has 0 unspecified atom stereocenters. The maximum absolute atomic E-state index is 12.6. The van der Waals surface area contributed by atoms with Crippen molar-refractivity contribution in [2.45, 2.75) is 51.8 Å². The van der Waals surface area contributed by atoms with Gasteiger partial charge in [0, 0.05) is 31.7 Å². The van der Waals surface area contributed by atoms with Gasteiger partial charge in [-0.05, 0) is 33.1 Å². The van der Waals surface area contributed by atoms with Crippen LogP contribution in [0.1, 0.15) is 41.0 Å². The number of rotatable bonds is 3. The van der Waals surface area contributed by atoms with Gasteiger partial charge in [-0.3, -0.25) is 4.90 Å². The molecule has 2 rings (SSSR count). The second kappa shape index (κ2) is 5.43. The fourth-order valence-electron chi connectivity index (χ4n) is 2.81. The molecule has 1 fully saturated rings. The van der Waals surface area contributed by atoms with Gasteiger partial charge in [-0.2, -0.15) is 4.31 Å². The van der Waals surface area contributed by atoms with E-state index in [9.17, 15) is 8.42 Å². The third-order valence-corrected chi connectivity index (χ3v) is 6.72. The highest BCUT2D eigenvalue weighted by Gasteiger charge is 2.44. The van der Waals surface area contributed by atoms with Crippen molar-refractivity contribution >= 4 is 10.0 Å². The normalized spacial score (nSPS) is 23.8. The number of hydrogen-bond acceptors (Lipinski definition) is 3. The molecule has 5 heteroatoms. The summed E-state index contributed by atoms with van der Waals surface area (Å²) >= 11 is 0. The van der Waals surface area contributed by atoms with Crippen LogP contribution in [0.15, 0.2) is 11.6 Å². The summed E-state index contributed by atoms with van der Waals surface area (Å²) in [7, 11) is -3.12. The second-order valence-corrected chi connectivity index (χ2v) is 9.50. The van der Waals surface area contributed by atoms with Crippen molar-refractivity contribution in [3.8, 4) is 0 Å². The predicted molar refractivity (Wildman–Crippen MR) is 83.1 cm³/mol. The van der Waals surface area contributed by atoms with Crippen LogP contribution in [0.3, 0.4) is 0 Å². The molecular weight excluding hydrogens is 272 g/mol. The summed E-state index contributed by atoms with van der Waals surface area (Å²) in [6.45, 7) is 13.3. The molecular formula is C15H28N2O2S. The molecule has 0 N–H and O–H groups in total. The molecule has 0 aromatic heterocycles. The minimum absolute atomic E-state index is 0.0681. The van der Waals surface area contributed by atoms with Gasteiger partial charge in [0.1, 0.15) is 5.25 Å². The quantitative estimate of drug-likeness (QED) is 0.749. The summed E-state index contributed by atoms with van der Waals surface area (Å²) in [4.78, 5) is 2.23. The molecule has 0 aliphatic carbocycles. The van der Waals surface area contributed by atoms with Crippen LogP contribution in [0.4, 0.5) is 0 Å². The van der Waals surface area contributed by atoms with E-state index < -0.39 is 10.0 Å². The van der Waals surface area contributed by atoms with Crippen molar-refractivity contribution in [3.63, 3.8) is 0 Å². The van der Waals surface area contributed by atoms with Crippen LogP contribution in [0, 0.1) is 5.92 Å². The summed E-state index contributed by atoms with van der Waals surface area (Å²) in [5, 5.41) is -0.212. The summed E-state index contributed by atoms with van der Waals surface area (Å²) in [5.74, 6) is 0.528. The molecule has 0 atom stereocenters. The van der Waals surface area contributed by atoms with Gasteiger partial charge in [0.15, 0.2) is 0 Å². The van der Waals surface area contributed by atoms with Crippen molar-refractivity contribution in [1.29, 1.82) is 0 Å². The Balaban J connectivity index is 1.97. The highest BCUT2D eigenvalue weighted by molar-refractivity contribution is 7.89.